The quantitative estimate of drug-likeness (QED) is 0.762. The van der Waals surface area contributed by atoms with E-state index in [1.54, 1.807) is 24.3 Å². The lowest BCUT2D eigenvalue weighted by Gasteiger charge is -2.10. The van der Waals surface area contributed by atoms with Gasteiger partial charge in [-0.15, -0.1) is 0 Å². The van der Waals surface area contributed by atoms with Gasteiger partial charge in [0.1, 0.15) is 11.3 Å². The van der Waals surface area contributed by atoms with Crippen molar-refractivity contribution in [3.8, 4) is 5.75 Å². The Bertz CT molecular complexity index is 1040. The first kappa shape index (κ1) is 17.5. The van der Waals surface area contributed by atoms with Crippen molar-refractivity contribution in [2.75, 3.05) is 12.4 Å². The number of halogens is 3. The summed E-state index contributed by atoms with van der Waals surface area (Å²) in [5.41, 5.74) is -0.568. The second kappa shape index (κ2) is 6.55. The van der Waals surface area contributed by atoms with Crippen molar-refractivity contribution in [1.29, 1.82) is 0 Å². The van der Waals surface area contributed by atoms with Gasteiger partial charge in [-0.25, -0.2) is 0 Å². The van der Waals surface area contributed by atoms with Crippen LogP contribution in [0.5, 0.6) is 5.75 Å². The molecule has 0 radical (unpaired) electrons. The number of para-hydroxylation sites is 1. The lowest BCUT2D eigenvalue weighted by atomic mass is 10.1. The summed E-state index contributed by atoms with van der Waals surface area (Å²) in [5.74, 6) is -1.50. The Balaban J connectivity index is 1.96. The zero-order chi connectivity index (χ0) is 18.9. The second-order valence-corrected chi connectivity index (χ2v) is 5.34. The van der Waals surface area contributed by atoms with Gasteiger partial charge in [-0.2, -0.15) is 13.2 Å². The van der Waals surface area contributed by atoms with Gasteiger partial charge in [-0.3, -0.25) is 9.59 Å². The SMILES string of the molecule is COc1ccccc1C(=O)Nc1ccc2oc(C(F)(F)F)cc(=O)c2c1. The number of anilines is 1. The van der Waals surface area contributed by atoms with Crippen LogP contribution in [0.1, 0.15) is 16.1 Å². The fraction of sp³-hybridized carbons (Fsp3) is 0.111. The van der Waals surface area contributed by atoms with Crippen molar-refractivity contribution in [1.82, 2.24) is 0 Å². The molecule has 0 saturated carbocycles. The molecule has 26 heavy (non-hydrogen) atoms. The number of fused-ring (bicyclic) bond motifs is 1. The van der Waals surface area contributed by atoms with Crippen LogP contribution >= 0.6 is 0 Å². The maximum atomic E-state index is 12.7. The van der Waals surface area contributed by atoms with E-state index in [1.165, 1.54) is 25.3 Å². The zero-order valence-corrected chi connectivity index (χ0v) is 13.4. The van der Waals surface area contributed by atoms with E-state index in [2.05, 4.69) is 5.32 Å². The molecule has 0 atom stereocenters. The first-order valence-corrected chi connectivity index (χ1v) is 7.39. The molecule has 3 aromatic rings. The Hall–Kier alpha value is -3.29. The molecule has 0 spiro atoms. The molecule has 134 valence electrons. The highest BCUT2D eigenvalue weighted by Crippen LogP contribution is 2.30. The molecule has 1 amide bonds. The molecule has 0 saturated heterocycles. The average molecular weight is 363 g/mol. The van der Waals surface area contributed by atoms with Crippen molar-refractivity contribution < 1.29 is 27.1 Å². The molecule has 0 unspecified atom stereocenters. The highest BCUT2D eigenvalue weighted by molar-refractivity contribution is 6.06. The molecular weight excluding hydrogens is 351 g/mol. The second-order valence-electron chi connectivity index (χ2n) is 5.34. The molecule has 3 rings (SSSR count). The monoisotopic (exact) mass is 363 g/mol. The van der Waals surface area contributed by atoms with Gasteiger partial charge < -0.3 is 14.5 Å². The predicted molar refractivity (Wildman–Crippen MR) is 88.4 cm³/mol. The molecule has 0 fully saturated rings. The number of methoxy groups -OCH3 is 1. The van der Waals surface area contributed by atoms with Gasteiger partial charge in [0.15, 0.2) is 5.43 Å². The van der Waals surface area contributed by atoms with E-state index in [0.29, 0.717) is 11.8 Å². The lowest BCUT2D eigenvalue weighted by molar-refractivity contribution is -0.152. The Labute approximate surface area is 145 Å². The van der Waals surface area contributed by atoms with Crippen molar-refractivity contribution in [2.24, 2.45) is 0 Å². The number of hydrogen-bond donors (Lipinski definition) is 1. The van der Waals surface area contributed by atoms with E-state index in [0.717, 1.165) is 0 Å². The summed E-state index contributed by atoms with van der Waals surface area (Å²) in [4.78, 5) is 24.3. The molecule has 8 heteroatoms. The highest BCUT2D eigenvalue weighted by atomic mass is 19.4. The highest BCUT2D eigenvalue weighted by Gasteiger charge is 2.34. The molecule has 0 aliphatic heterocycles. The van der Waals surface area contributed by atoms with E-state index in [-0.39, 0.29) is 22.2 Å². The minimum atomic E-state index is -4.76. The predicted octanol–water partition coefficient (Wildman–Crippen LogP) is 4.07. The molecule has 0 bridgehead atoms. The van der Waals surface area contributed by atoms with E-state index < -0.39 is 23.3 Å². The van der Waals surface area contributed by atoms with Crippen LogP contribution in [0.2, 0.25) is 0 Å². The maximum absolute atomic E-state index is 12.7. The Morgan fingerprint density at radius 3 is 2.54 bits per heavy atom. The Morgan fingerprint density at radius 1 is 1.12 bits per heavy atom. The minimum absolute atomic E-state index is 0.0733. The van der Waals surface area contributed by atoms with E-state index >= 15 is 0 Å². The summed E-state index contributed by atoms with van der Waals surface area (Å²) < 4.78 is 48.0. The zero-order valence-electron chi connectivity index (χ0n) is 13.4. The first-order chi connectivity index (χ1) is 12.3. The normalized spacial score (nSPS) is 11.4. The Morgan fingerprint density at radius 2 is 1.85 bits per heavy atom. The van der Waals surface area contributed by atoms with Gasteiger partial charge in [0.2, 0.25) is 5.76 Å². The molecule has 0 aliphatic rings. The van der Waals surface area contributed by atoms with Crippen LogP contribution in [0.3, 0.4) is 0 Å². The van der Waals surface area contributed by atoms with Crippen LogP contribution in [0, 0.1) is 0 Å². The third-order valence-electron chi connectivity index (χ3n) is 3.62. The van der Waals surface area contributed by atoms with Crippen molar-refractivity contribution >= 4 is 22.6 Å². The topological polar surface area (TPSA) is 68.5 Å². The minimum Gasteiger partial charge on any atom is -0.496 e. The summed E-state index contributed by atoms with van der Waals surface area (Å²) in [6, 6.07) is 10.7. The summed E-state index contributed by atoms with van der Waals surface area (Å²) in [7, 11) is 1.42. The number of benzene rings is 2. The largest absolute Gasteiger partial charge is 0.496 e. The van der Waals surface area contributed by atoms with Gasteiger partial charge in [-0.05, 0) is 30.3 Å². The van der Waals surface area contributed by atoms with Crippen LogP contribution in [0.25, 0.3) is 11.0 Å². The molecular formula is C18H12F3NO4. The number of hydrogen-bond acceptors (Lipinski definition) is 4. The van der Waals surface area contributed by atoms with Gasteiger partial charge in [0, 0.05) is 11.8 Å². The fourth-order valence-corrected chi connectivity index (χ4v) is 2.40. The molecule has 2 aromatic carbocycles. The van der Waals surface area contributed by atoms with Crippen molar-refractivity contribution in [2.45, 2.75) is 6.18 Å². The average Bonchev–Trinajstić information content (AvgIpc) is 2.61. The number of carbonyl (C=O) groups is 1. The maximum Gasteiger partial charge on any atom is 0.449 e. The number of amides is 1. The summed E-state index contributed by atoms with van der Waals surface area (Å²) in [6.07, 6.45) is -4.76. The summed E-state index contributed by atoms with van der Waals surface area (Å²) in [6.45, 7) is 0. The standard InChI is InChI=1S/C18H12F3NO4/c1-25-14-5-3-2-4-11(14)17(24)22-10-6-7-15-12(8-10)13(23)9-16(26-15)18(19,20)21/h2-9H,1H3,(H,22,24). The number of carbonyl (C=O) groups excluding carboxylic acids is 1. The smallest absolute Gasteiger partial charge is 0.449 e. The van der Waals surface area contributed by atoms with Crippen molar-refractivity contribution in [3.05, 3.63) is 70.1 Å². The van der Waals surface area contributed by atoms with Crippen LogP contribution in [0.15, 0.2) is 57.7 Å². The van der Waals surface area contributed by atoms with Gasteiger partial charge in [0.05, 0.1) is 18.1 Å². The lowest BCUT2D eigenvalue weighted by Crippen LogP contribution is -2.14. The number of rotatable bonds is 3. The molecule has 1 heterocycles. The van der Waals surface area contributed by atoms with Crippen molar-refractivity contribution in [3.63, 3.8) is 0 Å². The molecule has 0 aliphatic carbocycles. The first-order valence-electron chi connectivity index (χ1n) is 7.39. The molecule has 1 N–H and O–H groups in total. The van der Waals surface area contributed by atoms with Crippen LogP contribution in [-0.2, 0) is 6.18 Å². The van der Waals surface area contributed by atoms with Crippen LogP contribution in [0.4, 0.5) is 18.9 Å². The fourth-order valence-electron chi connectivity index (χ4n) is 2.40. The van der Waals surface area contributed by atoms with E-state index in [1.807, 2.05) is 0 Å². The summed E-state index contributed by atoms with van der Waals surface area (Å²) in [5, 5.41) is 2.50. The number of ether oxygens (including phenoxy) is 1. The third kappa shape index (κ3) is 3.39. The number of nitrogens with one attached hydrogen (secondary N) is 1. The van der Waals surface area contributed by atoms with E-state index in [4.69, 9.17) is 9.15 Å². The summed E-state index contributed by atoms with van der Waals surface area (Å²) >= 11 is 0. The van der Waals surface area contributed by atoms with E-state index in [9.17, 15) is 22.8 Å². The van der Waals surface area contributed by atoms with Gasteiger partial charge in [0.25, 0.3) is 5.91 Å². The molecule has 5 nitrogen and oxygen atoms in total. The van der Waals surface area contributed by atoms with Gasteiger partial charge >= 0.3 is 6.18 Å². The number of alkyl halides is 3. The van der Waals surface area contributed by atoms with Crippen LogP contribution in [-0.4, -0.2) is 13.0 Å². The van der Waals surface area contributed by atoms with Crippen LogP contribution < -0.4 is 15.5 Å². The molecule has 1 aromatic heterocycles. The Kier molecular flexibility index (Phi) is 4.41. The third-order valence-corrected chi connectivity index (χ3v) is 3.62. The van der Waals surface area contributed by atoms with Gasteiger partial charge in [-0.1, -0.05) is 12.1 Å².